The zero-order valence-electron chi connectivity index (χ0n) is 15.5. The number of benzene rings is 2. The number of hydrogen-bond donors (Lipinski definition) is 0. The van der Waals surface area contributed by atoms with Gasteiger partial charge in [0.2, 0.25) is 0 Å². The molecule has 0 bridgehead atoms. The van der Waals surface area contributed by atoms with Gasteiger partial charge < -0.3 is 4.74 Å². The van der Waals surface area contributed by atoms with Gasteiger partial charge in [0, 0.05) is 0 Å². The van der Waals surface area contributed by atoms with Crippen LogP contribution in [0.25, 0.3) is 0 Å². The summed E-state index contributed by atoms with van der Waals surface area (Å²) in [6.07, 6.45) is -4.81. The highest BCUT2D eigenvalue weighted by molar-refractivity contribution is 7.93. The maximum atomic E-state index is 13.5. The van der Waals surface area contributed by atoms with E-state index in [9.17, 15) is 26.4 Å². The molecule has 0 spiro atoms. The number of aryl methyl sites for hydroxylation is 1. The fourth-order valence-corrected chi connectivity index (χ4v) is 4.26. The fourth-order valence-electron chi connectivity index (χ4n) is 2.63. The van der Waals surface area contributed by atoms with Crippen LogP contribution in [0.1, 0.15) is 25.0 Å². The third-order valence-corrected chi connectivity index (χ3v) is 5.90. The Bertz CT molecular complexity index is 940. The molecule has 0 aromatic heterocycles. The highest BCUT2D eigenvalue weighted by Gasteiger charge is 2.41. The highest BCUT2D eigenvalue weighted by atomic mass is 32.2. The number of nitrogens with zero attached hydrogens (tertiary/aromatic N) is 1. The van der Waals surface area contributed by atoms with E-state index in [0.717, 1.165) is 23.8 Å². The zero-order valence-corrected chi connectivity index (χ0v) is 16.3. The van der Waals surface area contributed by atoms with E-state index in [4.69, 9.17) is 4.74 Å². The van der Waals surface area contributed by atoms with E-state index >= 15 is 0 Å². The van der Waals surface area contributed by atoms with Crippen LogP contribution >= 0.6 is 0 Å². The minimum atomic E-state index is -4.81. The van der Waals surface area contributed by atoms with Gasteiger partial charge in [-0.2, -0.15) is 13.2 Å². The van der Waals surface area contributed by atoms with Crippen LogP contribution in [0.4, 0.5) is 18.9 Å². The van der Waals surface area contributed by atoms with Crippen LogP contribution in [0.15, 0.2) is 53.4 Å². The van der Waals surface area contributed by atoms with Gasteiger partial charge >= 0.3 is 12.1 Å². The Balaban J connectivity index is 2.72. The Labute approximate surface area is 161 Å². The van der Waals surface area contributed by atoms with Crippen molar-refractivity contribution < 1.29 is 31.1 Å². The van der Waals surface area contributed by atoms with Crippen LogP contribution < -0.4 is 4.31 Å². The van der Waals surface area contributed by atoms with E-state index in [1.54, 1.807) is 6.92 Å². The van der Waals surface area contributed by atoms with Gasteiger partial charge in [-0.15, -0.1) is 0 Å². The Morgan fingerprint density at radius 1 is 1.11 bits per heavy atom. The first kappa shape index (κ1) is 21.7. The average molecular weight is 415 g/mol. The van der Waals surface area contributed by atoms with Crippen molar-refractivity contribution in [1.82, 2.24) is 0 Å². The number of anilines is 1. The van der Waals surface area contributed by atoms with E-state index in [0.29, 0.717) is 4.31 Å². The monoisotopic (exact) mass is 415 g/mol. The van der Waals surface area contributed by atoms with Gasteiger partial charge in [-0.3, -0.25) is 4.31 Å². The lowest BCUT2D eigenvalue weighted by Crippen LogP contribution is -2.45. The molecule has 0 amide bonds. The summed E-state index contributed by atoms with van der Waals surface area (Å²) in [4.78, 5) is 12.0. The summed E-state index contributed by atoms with van der Waals surface area (Å²) in [5.41, 5.74) is -1.03. The summed E-state index contributed by atoms with van der Waals surface area (Å²) in [6.45, 7) is 4.42. The molecular formula is C19H20F3NO4S. The lowest BCUT2D eigenvalue weighted by Gasteiger charge is -2.31. The van der Waals surface area contributed by atoms with Crippen molar-refractivity contribution in [3.63, 3.8) is 0 Å². The van der Waals surface area contributed by atoms with Crippen molar-refractivity contribution in [3.8, 4) is 0 Å². The molecule has 2 rings (SSSR count). The molecule has 0 heterocycles. The molecule has 9 heteroatoms. The van der Waals surface area contributed by atoms with Crippen molar-refractivity contribution in [3.05, 3.63) is 59.7 Å². The van der Waals surface area contributed by atoms with Crippen LogP contribution in [0.5, 0.6) is 0 Å². The minimum Gasteiger partial charge on any atom is -0.464 e. The average Bonchev–Trinajstić information content (AvgIpc) is 2.61. The van der Waals surface area contributed by atoms with Crippen LogP contribution in [0.2, 0.25) is 0 Å². The number of para-hydroxylation sites is 1. The van der Waals surface area contributed by atoms with Gasteiger partial charge in [0.15, 0.2) is 0 Å². The Morgan fingerprint density at radius 2 is 1.68 bits per heavy atom. The van der Waals surface area contributed by atoms with Gasteiger partial charge in [-0.1, -0.05) is 29.8 Å². The van der Waals surface area contributed by atoms with Crippen molar-refractivity contribution in [2.45, 2.75) is 37.9 Å². The number of halogens is 3. The van der Waals surface area contributed by atoms with Gasteiger partial charge in [0.1, 0.15) is 6.04 Å². The molecule has 0 saturated carbocycles. The van der Waals surface area contributed by atoms with E-state index in [1.165, 1.54) is 44.2 Å². The molecular weight excluding hydrogens is 395 g/mol. The van der Waals surface area contributed by atoms with Crippen molar-refractivity contribution in [2.75, 3.05) is 10.9 Å². The van der Waals surface area contributed by atoms with Crippen LogP contribution in [-0.4, -0.2) is 27.0 Å². The standard InChI is InChI=1S/C19H20F3NO4S/c1-4-27-18(24)14(3)23(17-8-6-5-7-16(17)19(20,21)22)28(25,26)15-11-9-13(2)10-12-15/h5-12,14H,4H2,1-3H3/t14-/m1/s1. The van der Waals surface area contributed by atoms with Gasteiger partial charge in [-0.05, 0) is 45.0 Å². The van der Waals surface area contributed by atoms with E-state index < -0.39 is 39.5 Å². The molecule has 0 saturated heterocycles. The lowest BCUT2D eigenvalue weighted by atomic mass is 10.1. The van der Waals surface area contributed by atoms with Gasteiger partial charge in [-0.25, -0.2) is 13.2 Å². The summed E-state index contributed by atoms with van der Waals surface area (Å²) >= 11 is 0. The maximum Gasteiger partial charge on any atom is 0.418 e. The van der Waals surface area contributed by atoms with Crippen molar-refractivity contribution in [1.29, 1.82) is 0 Å². The number of sulfonamides is 1. The molecule has 0 radical (unpaired) electrons. The van der Waals surface area contributed by atoms with Gasteiger partial charge in [0.25, 0.3) is 10.0 Å². The molecule has 2 aromatic carbocycles. The first-order chi connectivity index (χ1) is 13.0. The first-order valence-corrected chi connectivity index (χ1v) is 9.88. The summed E-state index contributed by atoms with van der Waals surface area (Å²) < 4.78 is 72.4. The number of rotatable bonds is 6. The zero-order chi connectivity index (χ0) is 21.1. The quantitative estimate of drug-likeness (QED) is 0.665. The number of esters is 1. The third kappa shape index (κ3) is 4.46. The normalized spacial score (nSPS) is 13.1. The topological polar surface area (TPSA) is 63.7 Å². The SMILES string of the molecule is CCOC(=O)[C@@H](C)N(c1ccccc1C(F)(F)F)S(=O)(=O)c1ccc(C)cc1. The number of hydrogen-bond acceptors (Lipinski definition) is 4. The molecule has 0 unspecified atom stereocenters. The fraction of sp³-hybridized carbons (Fsp3) is 0.316. The Kier molecular flexibility index (Phi) is 6.38. The largest absolute Gasteiger partial charge is 0.464 e. The number of carbonyl (C=O) groups is 1. The molecule has 5 nitrogen and oxygen atoms in total. The predicted octanol–water partition coefficient (Wildman–Crippen LogP) is 4.16. The predicted molar refractivity (Wildman–Crippen MR) is 98.4 cm³/mol. The second kappa shape index (κ2) is 8.22. The number of ether oxygens (including phenoxy) is 1. The van der Waals surface area contributed by atoms with Crippen molar-refractivity contribution >= 4 is 21.7 Å². The highest BCUT2D eigenvalue weighted by Crippen LogP contribution is 2.39. The molecule has 2 aromatic rings. The lowest BCUT2D eigenvalue weighted by molar-refractivity contribution is -0.144. The molecule has 0 aliphatic heterocycles. The molecule has 0 fully saturated rings. The van der Waals surface area contributed by atoms with Gasteiger partial charge in [0.05, 0.1) is 22.8 Å². The van der Waals surface area contributed by atoms with Crippen LogP contribution in [0.3, 0.4) is 0 Å². The molecule has 0 aliphatic carbocycles. The first-order valence-electron chi connectivity index (χ1n) is 8.44. The molecule has 0 aliphatic rings. The summed E-state index contributed by atoms with van der Waals surface area (Å²) in [7, 11) is -4.48. The second-order valence-corrected chi connectivity index (χ2v) is 7.87. The van der Waals surface area contributed by atoms with E-state index in [1.807, 2.05) is 0 Å². The smallest absolute Gasteiger partial charge is 0.418 e. The Hall–Kier alpha value is -2.55. The summed E-state index contributed by atoms with van der Waals surface area (Å²) in [6, 6.07) is 8.32. The molecule has 152 valence electrons. The third-order valence-electron chi connectivity index (χ3n) is 4.00. The number of alkyl halides is 3. The molecule has 28 heavy (non-hydrogen) atoms. The Morgan fingerprint density at radius 3 is 2.21 bits per heavy atom. The second-order valence-electron chi connectivity index (χ2n) is 6.06. The van der Waals surface area contributed by atoms with E-state index in [-0.39, 0.29) is 11.5 Å². The summed E-state index contributed by atoms with van der Waals surface area (Å²) in [5, 5.41) is 0. The van der Waals surface area contributed by atoms with E-state index in [2.05, 4.69) is 0 Å². The summed E-state index contributed by atoms with van der Waals surface area (Å²) in [5.74, 6) is -0.949. The van der Waals surface area contributed by atoms with Crippen molar-refractivity contribution in [2.24, 2.45) is 0 Å². The maximum absolute atomic E-state index is 13.5. The molecule has 1 atom stereocenters. The number of carbonyl (C=O) groups excluding carboxylic acids is 1. The minimum absolute atomic E-state index is 0.0392. The van der Waals surface area contributed by atoms with Crippen LogP contribution in [-0.2, 0) is 25.7 Å². The van der Waals surface area contributed by atoms with Crippen LogP contribution in [0, 0.1) is 6.92 Å². The molecule has 0 N–H and O–H groups in total.